The highest BCUT2D eigenvalue weighted by Crippen LogP contribution is 2.33. The van der Waals surface area contributed by atoms with Crippen LogP contribution >= 0.6 is 15.9 Å². The van der Waals surface area contributed by atoms with Crippen LogP contribution in [0.5, 0.6) is 11.5 Å². The number of aliphatic hydroxyl groups is 1. The maximum Gasteiger partial charge on any atom is 0.267 e. The maximum atomic E-state index is 12.5. The predicted octanol–water partition coefficient (Wildman–Crippen LogP) is 2.45. The molecule has 2 aromatic carbocycles. The number of aliphatic hydroxyl groups excluding tert-OH is 1. The lowest BCUT2D eigenvalue weighted by Gasteiger charge is -2.11. The van der Waals surface area contributed by atoms with Crippen LogP contribution in [0.3, 0.4) is 0 Å². The summed E-state index contributed by atoms with van der Waals surface area (Å²) in [6.07, 6.45) is 1.98. The number of hydrogen-bond donors (Lipinski definition) is 3. The third kappa shape index (κ3) is 5.11. The van der Waals surface area contributed by atoms with Gasteiger partial charge < -0.3 is 25.2 Å². The Bertz CT molecular complexity index is 896. The molecule has 0 radical (unpaired) electrons. The zero-order chi connectivity index (χ0) is 19.9. The Morgan fingerprint density at radius 3 is 2.61 bits per heavy atom. The lowest BCUT2D eigenvalue weighted by molar-refractivity contribution is -0.117. The monoisotopic (exact) mass is 446 g/mol. The Balaban J connectivity index is 1.82. The first-order chi connectivity index (χ1) is 13.6. The number of ether oxygens (including phenoxy) is 2. The van der Waals surface area contributed by atoms with Crippen molar-refractivity contribution in [1.29, 1.82) is 0 Å². The molecule has 28 heavy (non-hydrogen) atoms. The minimum atomic E-state index is -0.448. The summed E-state index contributed by atoms with van der Waals surface area (Å²) in [7, 11) is 0. The summed E-state index contributed by atoms with van der Waals surface area (Å²) < 4.78 is 11.5. The van der Waals surface area contributed by atoms with Gasteiger partial charge in [0, 0.05) is 23.2 Å². The molecule has 3 rings (SSSR count). The Kier molecular flexibility index (Phi) is 6.67. The van der Waals surface area contributed by atoms with Gasteiger partial charge in [0.2, 0.25) is 6.79 Å². The lowest BCUT2D eigenvalue weighted by Crippen LogP contribution is -2.35. The van der Waals surface area contributed by atoms with Crippen LogP contribution in [0.2, 0.25) is 0 Å². The maximum absolute atomic E-state index is 12.5. The summed E-state index contributed by atoms with van der Waals surface area (Å²) in [5.41, 5.74) is 1.18. The number of halogens is 1. The molecule has 2 aromatic rings. The topological polar surface area (TPSA) is 96.9 Å². The van der Waals surface area contributed by atoms with Gasteiger partial charge in [0.25, 0.3) is 11.8 Å². The van der Waals surface area contributed by atoms with Gasteiger partial charge >= 0.3 is 0 Å². The Labute approximate surface area is 170 Å². The van der Waals surface area contributed by atoms with E-state index in [1.165, 1.54) is 0 Å². The van der Waals surface area contributed by atoms with Gasteiger partial charge in [0.15, 0.2) is 11.5 Å². The molecule has 0 aliphatic carbocycles. The molecule has 0 bridgehead atoms. The molecule has 1 aliphatic rings. The van der Waals surface area contributed by atoms with Gasteiger partial charge in [-0.2, -0.15) is 0 Å². The van der Waals surface area contributed by atoms with E-state index in [2.05, 4.69) is 26.6 Å². The molecule has 8 heteroatoms. The van der Waals surface area contributed by atoms with Gasteiger partial charge in [-0.15, -0.1) is 0 Å². The van der Waals surface area contributed by atoms with Crippen molar-refractivity contribution in [3.05, 3.63) is 63.8 Å². The van der Waals surface area contributed by atoms with Crippen molar-refractivity contribution in [3.8, 4) is 11.5 Å². The van der Waals surface area contributed by atoms with Crippen LogP contribution in [0.15, 0.2) is 52.6 Å². The second-order valence-electron chi connectivity index (χ2n) is 5.96. The summed E-state index contributed by atoms with van der Waals surface area (Å²) in [4.78, 5) is 25.1. The first-order valence-electron chi connectivity index (χ1n) is 8.64. The second-order valence-corrected chi connectivity index (χ2v) is 6.88. The van der Waals surface area contributed by atoms with Crippen LogP contribution in [0, 0.1) is 0 Å². The van der Waals surface area contributed by atoms with Gasteiger partial charge in [-0.05, 0) is 54.5 Å². The first-order valence-corrected chi connectivity index (χ1v) is 9.43. The number of rotatable bonds is 7. The molecule has 0 atom stereocenters. The molecule has 0 aromatic heterocycles. The molecule has 3 N–H and O–H groups in total. The molecule has 146 valence electrons. The van der Waals surface area contributed by atoms with Gasteiger partial charge in [-0.3, -0.25) is 9.59 Å². The standard InChI is InChI=1S/C20H19BrN2O5/c21-15-5-3-14(4-6-15)19(25)23-16(20(26)22-8-1-9-24)10-13-2-7-17-18(11-13)28-12-27-17/h2-7,10-11,24H,1,8-9,12H2,(H,22,26)(H,23,25). The van der Waals surface area contributed by atoms with Crippen LogP contribution in [-0.2, 0) is 4.79 Å². The van der Waals surface area contributed by atoms with Gasteiger partial charge in [-0.25, -0.2) is 0 Å². The molecule has 0 saturated carbocycles. The van der Waals surface area contributed by atoms with Crippen molar-refractivity contribution in [3.63, 3.8) is 0 Å². The first kappa shape index (κ1) is 19.9. The normalized spacial score (nSPS) is 12.6. The molecule has 2 amide bonds. The van der Waals surface area contributed by atoms with Crippen LogP contribution in [0.25, 0.3) is 6.08 Å². The van der Waals surface area contributed by atoms with Crippen LogP contribution in [0.1, 0.15) is 22.3 Å². The smallest absolute Gasteiger partial charge is 0.267 e. The van der Waals surface area contributed by atoms with Crippen molar-refractivity contribution in [2.45, 2.75) is 6.42 Å². The number of benzene rings is 2. The van der Waals surface area contributed by atoms with E-state index < -0.39 is 11.8 Å². The molecule has 0 unspecified atom stereocenters. The summed E-state index contributed by atoms with van der Waals surface area (Å²) in [6, 6.07) is 12.0. The minimum Gasteiger partial charge on any atom is -0.454 e. The van der Waals surface area contributed by atoms with E-state index in [1.807, 2.05) is 0 Å². The van der Waals surface area contributed by atoms with Gasteiger partial charge in [-0.1, -0.05) is 22.0 Å². The van der Waals surface area contributed by atoms with E-state index in [1.54, 1.807) is 48.5 Å². The third-order valence-electron chi connectivity index (χ3n) is 3.93. The van der Waals surface area contributed by atoms with Crippen molar-refractivity contribution in [2.75, 3.05) is 19.9 Å². The van der Waals surface area contributed by atoms with E-state index in [0.717, 1.165) is 4.47 Å². The van der Waals surface area contributed by atoms with Crippen LogP contribution < -0.4 is 20.1 Å². The summed E-state index contributed by atoms with van der Waals surface area (Å²) in [5, 5.41) is 14.2. The number of carbonyl (C=O) groups is 2. The van der Waals surface area contributed by atoms with E-state index in [9.17, 15) is 9.59 Å². The summed E-state index contributed by atoms with van der Waals surface area (Å²) in [6.45, 7) is 0.409. The Morgan fingerprint density at radius 2 is 1.86 bits per heavy atom. The summed E-state index contributed by atoms with van der Waals surface area (Å²) >= 11 is 3.32. The van der Waals surface area contributed by atoms with Crippen molar-refractivity contribution >= 4 is 33.8 Å². The number of nitrogens with one attached hydrogen (secondary N) is 2. The zero-order valence-corrected chi connectivity index (χ0v) is 16.5. The number of hydrogen-bond acceptors (Lipinski definition) is 5. The average molecular weight is 447 g/mol. The molecule has 0 fully saturated rings. The van der Waals surface area contributed by atoms with E-state index in [4.69, 9.17) is 14.6 Å². The molecule has 1 aliphatic heterocycles. The van der Waals surface area contributed by atoms with Crippen LogP contribution in [0.4, 0.5) is 0 Å². The van der Waals surface area contributed by atoms with Crippen molar-refractivity contribution in [2.24, 2.45) is 0 Å². The Hall–Kier alpha value is -2.84. The quantitative estimate of drug-likeness (QED) is 0.448. The van der Waals surface area contributed by atoms with E-state index in [-0.39, 0.29) is 19.1 Å². The molecule has 1 heterocycles. The van der Waals surface area contributed by atoms with Gasteiger partial charge in [0.1, 0.15) is 5.70 Å². The predicted molar refractivity (Wildman–Crippen MR) is 107 cm³/mol. The molecular weight excluding hydrogens is 428 g/mol. The SMILES string of the molecule is O=C(NCCCO)C(=Cc1ccc2c(c1)OCO2)NC(=O)c1ccc(Br)cc1. The number of amides is 2. The largest absolute Gasteiger partial charge is 0.454 e. The molecule has 0 saturated heterocycles. The highest BCUT2D eigenvalue weighted by molar-refractivity contribution is 9.10. The molecular formula is C20H19BrN2O5. The third-order valence-corrected chi connectivity index (χ3v) is 4.46. The highest BCUT2D eigenvalue weighted by Gasteiger charge is 2.16. The molecule has 7 nitrogen and oxygen atoms in total. The zero-order valence-electron chi connectivity index (χ0n) is 14.9. The minimum absolute atomic E-state index is 0.0350. The van der Waals surface area contributed by atoms with Crippen molar-refractivity contribution < 1.29 is 24.2 Å². The molecule has 0 spiro atoms. The fourth-order valence-electron chi connectivity index (χ4n) is 2.50. The fourth-order valence-corrected chi connectivity index (χ4v) is 2.76. The van der Waals surface area contributed by atoms with Gasteiger partial charge in [0.05, 0.1) is 0 Å². The Morgan fingerprint density at radius 1 is 1.11 bits per heavy atom. The fraction of sp³-hybridized carbons (Fsp3) is 0.200. The van der Waals surface area contributed by atoms with Crippen molar-refractivity contribution in [1.82, 2.24) is 10.6 Å². The highest BCUT2D eigenvalue weighted by atomic mass is 79.9. The average Bonchev–Trinajstić information content (AvgIpc) is 3.16. The second kappa shape index (κ2) is 9.38. The number of carbonyl (C=O) groups excluding carboxylic acids is 2. The van der Waals surface area contributed by atoms with Crippen LogP contribution in [-0.4, -0.2) is 36.9 Å². The lowest BCUT2D eigenvalue weighted by atomic mass is 10.1. The van der Waals surface area contributed by atoms with E-state index in [0.29, 0.717) is 35.6 Å². The summed E-state index contributed by atoms with van der Waals surface area (Å²) in [5.74, 6) is 0.353. The number of fused-ring (bicyclic) bond motifs is 1. The van der Waals surface area contributed by atoms with E-state index >= 15 is 0 Å².